The summed E-state index contributed by atoms with van der Waals surface area (Å²) in [6.07, 6.45) is 17.9. The van der Waals surface area contributed by atoms with Gasteiger partial charge in [0.05, 0.1) is 11.2 Å². The van der Waals surface area contributed by atoms with Crippen molar-refractivity contribution in [1.82, 2.24) is 4.98 Å². The fourth-order valence-electron chi connectivity index (χ4n) is 4.12. The first kappa shape index (κ1) is 28.3. The molecule has 1 fully saturated rings. The summed E-state index contributed by atoms with van der Waals surface area (Å²) in [7, 11) is 0. The molecule has 0 unspecified atom stereocenters. The van der Waals surface area contributed by atoms with Gasteiger partial charge in [0, 0.05) is 24.2 Å². The van der Waals surface area contributed by atoms with Crippen molar-refractivity contribution in [3.05, 3.63) is 84.1 Å². The third-order valence-corrected chi connectivity index (χ3v) is 6.33. The Kier molecular flexibility index (Phi) is 12.6. The van der Waals surface area contributed by atoms with E-state index in [4.69, 9.17) is 9.47 Å². The van der Waals surface area contributed by atoms with E-state index >= 15 is 0 Å². The average molecular weight is 500 g/mol. The molecule has 0 amide bonds. The van der Waals surface area contributed by atoms with Crippen LogP contribution in [0.2, 0.25) is 0 Å². The third kappa shape index (κ3) is 11.1. The Balaban J connectivity index is 0.000000248. The molecule has 3 aromatic rings. The van der Waals surface area contributed by atoms with Crippen LogP contribution in [0.4, 0.5) is 0 Å². The Labute approximate surface area is 222 Å². The van der Waals surface area contributed by atoms with Crippen molar-refractivity contribution in [1.29, 1.82) is 0 Å². The lowest BCUT2D eigenvalue weighted by Crippen LogP contribution is -2.07. The number of nitrogens with zero attached hydrogens (tertiary/aromatic N) is 1. The molecule has 1 aliphatic heterocycles. The van der Waals surface area contributed by atoms with Gasteiger partial charge >= 0.3 is 5.97 Å². The molecule has 0 radical (unpaired) electrons. The van der Waals surface area contributed by atoms with E-state index in [-0.39, 0.29) is 0 Å². The molecular weight excluding hydrogens is 458 g/mol. The van der Waals surface area contributed by atoms with Gasteiger partial charge in [-0.05, 0) is 55.7 Å². The lowest BCUT2D eigenvalue weighted by molar-refractivity contribution is -0.130. The van der Waals surface area contributed by atoms with Crippen molar-refractivity contribution in [2.45, 2.75) is 71.1 Å². The first-order valence-electron chi connectivity index (χ1n) is 13.7. The highest BCUT2D eigenvalue weighted by molar-refractivity contribution is 5.88. The standard InChI is InChI=1S/C21H17NO2.C12H24O/c1-15(2)21(23)24-19-13-8-16(9-14-19)7-11-18-12-10-17-5-3-4-6-20(17)22-18;1-2-4-6-8-10-12-13-11-9-7-5-3-1/h3-14H,1H2,2H3;1-12H2. The zero-order chi connectivity index (χ0) is 26.1. The molecule has 4 nitrogen and oxygen atoms in total. The minimum absolute atomic E-state index is 0.376. The smallest absolute Gasteiger partial charge is 0.338 e. The second-order valence-corrected chi connectivity index (χ2v) is 9.65. The Bertz CT molecular complexity index is 1090. The minimum Gasteiger partial charge on any atom is -0.423 e. The molecule has 0 N–H and O–H groups in total. The van der Waals surface area contributed by atoms with Gasteiger partial charge in [-0.3, -0.25) is 0 Å². The fourth-order valence-corrected chi connectivity index (χ4v) is 4.12. The average Bonchev–Trinajstić information content (AvgIpc) is 2.95. The number of carbonyl (C=O) groups is 1. The summed E-state index contributed by atoms with van der Waals surface area (Å²) in [4.78, 5) is 16.1. The van der Waals surface area contributed by atoms with Gasteiger partial charge in [0.2, 0.25) is 0 Å². The third-order valence-electron chi connectivity index (χ3n) is 6.33. The first-order chi connectivity index (χ1) is 18.1. The summed E-state index contributed by atoms with van der Waals surface area (Å²) >= 11 is 0. The molecule has 196 valence electrons. The maximum Gasteiger partial charge on any atom is 0.338 e. The van der Waals surface area contributed by atoms with E-state index in [1.165, 1.54) is 64.2 Å². The molecule has 0 aliphatic carbocycles. The first-order valence-corrected chi connectivity index (χ1v) is 13.7. The van der Waals surface area contributed by atoms with Crippen LogP contribution in [0.3, 0.4) is 0 Å². The van der Waals surface area contributed by atoms with E-state index in [1.54, 1.807) is 19.1 Å². The largest absolute Gasteiger partial charge is 0.423 e. The molecule has 4 heteroatoms. The highest BCUT2D eigenvalue weighted by Crippen LogP contribution is 2.17. The maximum absolute atomic E-state index is 11.5. The summed E-state index contributed by atoms with van der Waals surface area (Å²) in [5.41, 5.74) is 3.25. The Morgan fingerprint density at radius 1 is 0.784 bits per heavy atom. The molecule has 2 aromatic carbocycles. The molecule has 1 aliphatic rings. The van der Waals surface area contributed by atoms with Gasteiger partial charge in [-0.1, -0.05) is 100 Å². The van der Waals surface area contributed by atoms with Crippen molar-refractivity contribution in [2.75, 3.05) is 13.2 Å². The van der Waals surface area contributed by atoms with E-state index < -0.39 is 5.97 Å². The van der Waals surface area contributed by atoms with E-state index in [9.17, 15) is 4.79 Å². The van der Waals surface area contributed by atoms with Crippen LogP contribution in [-0.4, -0.2) is 24.2 Å². The van der Waals surface area contributed by atoms with Crippen LogP contribution in [0.15, 0.2) is 72.8 Å². The van der Waals surface area contributed by atoms with Gasteiger partial charge in [-0.2, -0.15) is 0 Å². The molecule has 0 spiro atoms. The number of para-hydroxylation sites is 1. The second kappa shape index (κ2) is 16.5. The molecule has 4 rings (SSSR count). The molecule has 1 saturated heterocycles. The zero-order valence-corrected chi connectivity index (χ0v) is 22.3. The highest BCUT2D eigenvalue weighted by atomic mass is 16.5. The predicted octanol–water partition coefficient (Wildman–Crippen LogP) is 8.80. The summed E-state index contributed by atoms with van der Waals surface area (Å²) in [6, 6.07) is 19.4. The van der Waals surface area contributed by atoms with Crippen molar-refractivity contribution in [2.24, 2.45) is 0 Å². The van der Waals surface area contributed by atoms with Gasteiger partial charge in [-0.15, -0.1) is 0 Å². The summed E-state index contributed by atoms with van der Waals surface area (Å²) in [5, 5.41) is 1.12. The van der Waals surface area contributed by atoms with Crippen molar-refractivity contribution in [3.63, 3.8) is 0 Å². The van der Waals surface area contributed by atoms with Gasteiger partial charge in [0.25, 0.3) is 0 Å². The van der Waals surface area contributed by atoms with Crippen LogP contribution < -0.4 is 4.74 Å². The van der Waals surface area contributed by atoms with Crippen molar-refractivity contribution < 1.29 is 14.3 Å². The van der Waals surface area contributed by atoms with Crippen LogP contribution in [0.25, 0.3) is 23.1 Å². The monoisotopic (exact) mass is 499 g/mol. The molecule has 1 aromatic heterocycles. The molecule has 0 bridgehead atoms. The zero-order valence-electron chi connectivity index (χ0n) is 22.3. The quantitative estimate of drug-likeness (QED) is 0.204. The number of fused-ring (bicyclic) bond motifs is 1. The molecule has 0 saturated carbocycles. The number of rotatable bonds is 4. The second-order valence-electron chi connectivity index (χ2n) is 9.65. The molecular formula is C33H41NO3. The van der Waals surface area contributed by atoms with Gasteiger partial charge in [0.15, 0.2) is 0 Å². The Morgan fingerprint density at radius 2 is 1.38 bits per heavy atom. The Hall–Kier alpha value is -3.24. The fraction of sp³-hybridized carbons (Fsp3) is 0.394. The normalized spacial score (nSPS) is 15.5. The highest BCUT2D eigenvalue weighted by Gasteiger charge is 2.04. The van der Waals surface area contributed by atoms with E-state index in [2.05, 4.69) is 17.6 Å². The summed E-state index contributed by atoms with van der Waals surface area (Å²) in [6.45, 7) is 7.18. The predicted molar refractivity (Wildman–Crippen MR) is 155 cm³/mol. The number of ether oxygens (including phenoxy) is 2. The van der Waals surface area contributed by atoms with Gasteiger partial charge in [-0.25, -0.2) is 9.78 Å². The van der Waals surface area contributed by atoms with E-state index in [0.717, 1.165) is 35.4 Å². The van der Waals surface area contributed by atoms with Crippen molar-refractivity contribution >= 4 is 29.0 Å². The lowest BCUT2D eigenvalue weighted by atomic mass is 10.1. The van der Waals surface area contributed by atoms with E-state index in [0.29, 0.717) is 11.3 Å². The lowest BCUT2D eigenvalue weighted by Gasteiger charge is -2.03. The number of carbonyl (C=O) groups excluding carboxylic acids is 1. The SMILES string of the molecule is C1CCCCCCOCCCCC1.C=C(C)C(=O)Oc1ccc(C=Cc2ccc3ccccc3n2)cc1. The van der Waals surface area contributed by atoms with Crippen LogP contribution in [0.1, 0.15) is 82.4 Å². The number of aromatic nitrogens is 1. The van der Waals surface area contributed by atoms with Crippen LogP contribution in [0, 0.1) is 0 Å². The van der Waals surface area contributed by atoms with Gasteiger partial charge in [0.1, 0.15) is 5.75 Å². The van der Waals surface area contributed by atoms with Crippen LogP contribution in [0.5, 0.6) is 5.75 Å². The molecule has 37 heavy (non-hydrogen) atoms. The molecule has 2 heterocycles. The van der Waals surface area contributed by atoms with Gasteiger partial charge < -0.3 is 9.47 Å². The Morgan fingerprint density at radius 3 is 2.00 bits per heavy atom. The molecule has 0 atom stereocenters. The van der Waals surface area contributed by atoms with Crippen molar-refractivity contribution in [3.8, 4) is 5.75 Å². The number of hydrogen-bond acceptors (Lipinski definition) is 4. The maximum atomic E-state index is 11.5. The number of pyridine rings is 1. The topological polar surface area (TPSA) is 48.4 Å². The summed E-state index contributed by atoms with van der Waals surface area (Å²) < 4.78 is 10.7. The van der Waals surface area contributed by atoms with Crippen LogP contribution >= 0.6 is 0 Å². The number of esters is 1. The number of benzene rings is 2. The van der Waals surface area contributed by atoms with Crippen LogP contribution in [-0.2, 0) is 9.53 Å². The minimum atomic E-state index is -0.418. The van der Waals surface area contributed by atoms with E-state index in [1.807, 2.05) is 54.6 Å². The number of hydrogen-bond donors (Lipinski definition) is 0. The summed E-state index contributed by atoms with van der Waals surface area (Å²) in [5.74, 6) is 0.0858.